The summed E-state index contributed by atoms with van der Waals surface area (Å²) in [4.78, 5) is 10.7. The number of carbonyl (C=O) groups is 1. The molecule has 3 heteroatoms. The van der Waals surface area contributed by atoms with Crippen LogP contribution in [-0.2, 0) is 9.53 Å². The molecule has 0 saturated heterocycles. The fourth-order valence-corrected chi connectivity index (χ4v) is 1.08. The maximum Gasteiger partial charge on any atom is 0.323 e. The van der Waals surface area contributed by atoms with Crippen LogP contribution in [0.4, 0.5) is 0 Å². The van der Waals surface area contributed by atoms with Crippen LogP contribution in [0.25, 0.3) is 0 Å². The predicted molar refractivity (Wildman–Crippen MR) is 41.1 cm³/mol. The molecule has 10 heavy (non-hydrogen) atoms. The summed E-state index contributed by atoms with van der Waals surface area (Å²) in [6.45, 7) is 4.02. The molecule has 0 aromatic carbocycles. The summed E-state index contributed by atoms with van der Waals surface area (Å²) in [7, 11) is 1.35. The minimum absolute atomic E-state index is 0.338. The van der Waals surface area contributed by atoms with Gasteiger partial charge < -0.3 is 4.74 Å². The smallest absolute Gasteiger partial charge is 0.323 e. The molecule has 0 bridgehead atoms. The maximum absolute atomic E-state index is 10.7. The van der Waals surface area contributed by atoms with Gasteiger partial charge in [-0.1, -0.05) is 13.8 Å². The van der Waals surface area contributed by atoms with Crippen molar-refractivity contribution in [3.05, 3.63) is 0 Å². The van der Waals surface area contributed by atoms with Crippen LogP contribution in [0.2, 0.25) is 0 Å². The highest BCUT2D eigenvalue weighted by atomic mass is 35.5. The number of carbonyl (C=O) groups excluding carboxylic acids is 1. The van der Waals surface area contributed by atoms with E-state index in [1.807, 2.05) is 13.8 Å². The van der Waals surface area contributed by atoms with E-state index in [0.717, 1.165) is 0 Å². The molecular weight excluding hydrogens is 152 g/mol. The van der Waals surface area contributed by atoms with Gasteiger partial charge >= 0.3 is 5.97 Å². The van der Waals surface area contributed by atoms with Gasteiger partial charge in [0.2, 0.25) is 0 Å². The van der Waals surface area contributed by atoms with Gasteiger partial charge in [-0.05, 0) is 12.3 Å². The number of methoxy groups -OCH3 is 1. The molecule has 0 radical (unpaired) electrons. The van der Waals surface area contributed by atoms with Crippen LogP contribution in [0.5, 0.6) is 0 Å². The normalized spacial score (nSPS) is 13.3. The molecule has 0 N–H and O–H groups in total. The van der Waals surface area contributed by atoms with E-state index < -0.39 is 5.38 Å². The Bertz CT molecular complexity index is 112. The zero-order valence-corrected chi connectivity index (χ0v) is 7.31. The lowest BCUT2D eigenvalue weighted by Gasteiger charge is -2.08. The Labute approximate surface area is 66.5 Å². The van der Waals surface area contributed by atoms with Gasteiger partial charge in [-0.25, -0.2) is 0 Å². The second-order valence-corrected chi connectivity index (χ2v) is 3.15. The second-order valence-electron chi connectivity index (χ2n) is 2.62. The van der Waals surface area contributed by atoms with Gasteiger partial charge in [0.15, 0.2) is 0 Å². The second kappa shape index (κ2) is 4.56. The van der Waals surface area contributed by atoms with E-state index in [0.29, 0.717) is 12.3 Å². The van der Waals surface area contributed by atoms with E-state index in [-0.39, 0.29) is 5.97 Å². The Kier molecular flexibility index (Phi) is 4.45. The minimum Gasteiger partial charge on any atom is -0.468 e. The fourth-order valence-electron chi connectivity index (χ4n) is 0.638. The van der Waals surface area contributed by atoms with Crippen molar-refractivity contribution in [2.24, 2.45) is 5.92 Å². The molecule has 0 aromatic rings. The molecule has 0 saturated carbocycles. The minimum atomic E-state index is -0.481. The van der Waals surface area contributed by atoms with Crippen molar-refractivity contribution in [1.82, 2.24) is 0 Å². The van der Waals surface area contributed by atoms with E-state index >= 15 is 0 Å². The average molecular weight is 165 g/mol. The molecule has 1 atom stereocenters. The molecule has 0 aliphatic carbocycles. The van der Waals surface area contributed by atoms with Gasteiger partial charge in [0, 0.05) is 0 Å². The number of rotatable bonds is 3. The zero-order chi connectivity index (χ0) is 8.15. The van der Waals surface area contributed by atoms with Gasteiger partial charge in [-0.2, -0.15) is 0 Å². The molecular formula is C7H13ClO2. The summed E-state index contributed by atoms with van der Waals surface area (Å²) >= 11 is 5.65. The lowest BCUT2D eigenvalue weighted by Crippen LogP contribution is -2.17. The number of alkyl halides is 1. The Balaban J connectivity index is 3.61. The van der Waals surface area contributed by atoms with Crippen LogP contribution in [0, 0.1) is 5.92 Å². The highest BCUT2D eigenvalue weighted by molar-refractivity contribution is 6.29. The van der Waals surface area contributed by atoms with Crippen molar-refractivity contribution in [1.29, 1.82) is 0 Å². The van der Waals surface area contributed by atoms with Crippen molar-refractivity contribution in [3.8, 4) is 0 Å². The summed E-state index contributed by atoms with van der Waals surface area (Å²) in [5, 5.41) is -0.481. The van der Waals surface area contributed by atoms with Crippen molar-refractivity contribution < 1.29 is 9.53 Å². The monoisotopic (exact) mass is 164 g/mol. The lowest BCUT2D eigenvalue weighted by molar-refractivity contribution is -0.140. The van der Waals surface area contributed by atoms with E-state index in [1.54, 1.807) is 0 Å². The maximum atomic E-state index is 10.7. The Morgan fingerprint density at radius 1 is 1.60 bits per heavy atom. The van der Waals surface area contributed by atoms with E-state index in [1.165, 1.54) is 7.11 Å². The van der Waals surface area contributed by atoms with E-state index in [9.17, 15) is 4.79 Å². The third-order valence-corrected chi connectivity index (χ3v) is 1.49. The fraction of sp³-hybridized carbons (Fsp3) is 0.857. The number of halogens is 1. The first-order chi connectivity index (χ1) is 4.57. The summed E-state index contributed by atoms with van der Waals surface area (Å²) in [6, 6.07) is 0. The topological polar surface area (TPSA) is 26.3 Å². The van der Waals surface area contributed by atoms with Crippen molar-refractivity contribution >= 4 is 17.6 Å². The van der Waals surface area contributed by atoms with Gasteiger partial charge in [-0.3, -0.25) is 4.79 Å². The van der Waals surface area contributed by atoms with Crippen LogP contribution in [0.15, 0.2) is 0 Å². The predicted octanol–water partition coefficient (Wildman–Crippen LogP) is 1.81. The third-order valence-electron chi connectivity index (χ3n) is 1.14. The molecule has 0 amide bonds. The SMILES string of the molecule is COC(=O)[C@@H](Cl)CC(C)C. The molecule has 0 aromatic heterocycles. The van der Waals surface area contributed by atoms with Gasteiger partial charge in [0.1, 0.15) is 5.38 Å². The first kappa shape index (κ1) is 9.76. The van der Waals surface area contributed by atoms with Crippen LogP contribution in [0.3, 0.4) is 0 Å². The van der Waals surface area contributed by atoms with Gasteiger partial charge in [-0.15, -0.1) is 11.6 Å². The molecule has 60 valence electrons. The Hall–Kier alpha value is -0.240. The summed E-state index contributed by atoms with van der Waals surface area (Å²) in [5.74, 6) is 0.0944. The van der Waals surface area contributed by atoms with Crippen molar-refractivity contribution in [3.63, 3.8) is 0 Å². The molecule has 0 spiro atoms. The van der Waals surface area contributed by atoms with E-state index in [2.05, 4.69) is 4.74 Å². The highest BCUT2D eigenvalue weighted by Gasteiger charge is 2.16. The molecule has 0 aliphatic heterocycles. The molecule has 0 heterocycles. The lowest BCUT2D eigenvalue weighted by atomic mass is 10.1. The first-order valence-electron chi connectivity index (χ1n) is 3.29. The zero-order valence-electron chi connectivity index (χ0n) is 6.56. The van der Waals surface area contributed by atoms with Crippen LogP contribution < -0.4 is 0 Å². The molecule has 2 nitrogen and oxygen atoms in total. The largest absolute Gasteiger partial charge is 0.468 e. The van der Waals surface area contributed by atoms with Crippen molar-refractivity contribution in [2.75, 3.05) is 7.11 Å². The van der Waals surface area contributed by atoms with Crippen LogP contribution in [-0.4, -0.2) is 18.5 Å². The Morgan fingerprint density at radius 3 is 2.40 bits per heavy atom. The summed E-state index contributed by atoms with van der Waals surface area (Å²) in [5.41, 5.74) is 0. The standard InChI is InChI=1S/C7H13ClO2/c1-5(2)4-6(8)7(9)10-3/h5-6H,4H2,1-3H3/t6-/m0/s1. The summed E-state index contributed by atoms with van der Waals surface area (Å²) < 4.78 is 4.44. The van der Waals surface area contributed by atoms with Gasteiger partial charge in [0.25, 0.3) is 0 Å². The molecule has 0 aliphatic rings. The molecule has 0 fully saturated rings. The number of hydrogen-bond donors (Lipinski definition) is 0. The highest BCUT2D eigenvalue weighted by Crippen LogP contribution is 2.11. The van der Waals surface area contributed by atoms with Gasteiger partial charge in [0.05, 0.1) is 7.11 Å². The Morgan fingerprint density at radius 2 is 2.10 bits per heavy atom. The quantitative estimate of drug-likeness (QED) is 0.470. The average Bonchev–Trinajstić information content (AvgIpc) is 1.85. The molecule has 0 rings (SSSR count). The van der Waals surface area contributed by atoms with Crippen LogP contribution in [0.1, 0.15) is 20.3 Å². The number of hydrogen-bond acceptors (Lipinski definition) is 2. The summed E-state index contributed by atoms with van der Waals surface area (Å²) in [6.07, 6.45) is 0.675. The number of esters is 1. The number of ether oxygens (including phenoxy) is 1. The first-order valence-corrected chi connectivity index (χ1v) is 3.73. The third kappa shape index (κ3) is 3.72. The van der Waals surface area contributed by atoms with Crippen LogP contribution >= 0.6 is 11.6 Å². The molecule has 0 unspecified atom stereocenters. The van der Waals surface area contributed by atoms with Crippen molar-refractivity contribution in [2.45, 2.75) is 25.6 Å². The van der Waals surface area contributed by atoms with E-state index in [4.69, 9.17) is 11.6 Å².